The first-order valence-corrected chi connectivity index (χ1v) is 7.44. The Balaban J connectivity index is 2.01. The first-order chi connectivity index (χ1) is 10.4. The summed E-state index contributed by atoms with van der Waals surface area (Å²) in [6.07, 6.45) is 2.50. The molecule has 22 heavy (non-hydrogen) atoms. The van der Waals surface area contributed by atoms with Crippen molar-refractivity contribution in [3.05, 3.63) is 36.0 Å². The van der Waals surface area contributed by atoms with Crippen molar-refractivity contribution in [3.63, 3.8) is 0 Å². The molecule has 3 rings (SSSR count). The van der Waals surface area contributed by atoms with E-state index in [0.717, 1.165) is 16.5 Å². The molecule has 1 aliphatic heterocycles. The van der Waals surface area contributed by atoms with E-state index in [-0.39, 0.29) is 5.92 Å². The Morgan fingerprint density at radius 2 is 1.82 bits per heavy atom. The number of hydrogen-bond donors (Lipinski definition) is 1. The van der Waals surface area contributed by atoms with Gasteiger partial charge in [-0.15, -0.1) is 0 Å². The minimum absolute atomic E-state index is 0.271. The molecule has 1 unspecified atom stereocenters. The van der Waals surface area contributed by atoms with Crippen LogP contribution in [0.15, 0.2) is 30.5 Å². The van der Waals surface area contributed by atoms with E-state index < -0.39 is 23.6 Å². The molecule has 1 N–H and O–H groups in total. The second-order valence-electron chi connectivity index (χ2n) is 6.02. The Labute approximate surface area is 128 Å². The van der Waals surface area contributed by atoms with Crippen molar-refractivity contribution in [2.24, 2.45) is 5.92 Å². The molecule has 1 aromatic heterocycles. The van der Waals surface area contributed by atoms with Gasteiger partial charge in [0.15, 0.2) is 5.92 Å². The molecule has 5 heteroatoms. The van der Waals surface area contributed by atoms with E-state index in [2.05, 4.69) is 4.98 Å². The van der Waals surface area contributed by atoms with E-state index in [1.807, 2.05) is 37.4 Å². The fraction of sp³-hybridized carbons (Fsp3) is 0.412. The predicted octanol–water partition coefficient (Wildman–Crippen LogP) is 3.11. The van der Waals surface area contributed by atoms with Crippen LogP contribution in [-0.4, -0.2) is 22.7 Å². The minimum atomic E-state index is -1.19. The van der Waals surface area contributed by atoms with Crippen molar-refractivity contribution in [2.75, 3.05) is 0 Å². The largest absolute Gasteiger partial charge is 0.422 e. The Morgan fingerprint density at radius 1 is 1.18 bits per heavy atom. The normalized spacial score (nSPS) is 19.8. The van der Waals surface area contributed by atoms with Crippen molar-refractivity contribution in [3.8, 4) is 0 Å². The van der Waals surface area contributed by atoms with E-state index in [0.29, 0.717) is 6.42 Å². The Hall–Kier alpha value is -2.30. The summed E-state index contributed by atoms with van der Waals surface area (Å²) in [6.45, 7) is 5.07. The van der Waals surface area contributed by atoms with Gasteiger partial charge in [0.1, 0.15) is 0 Å². The van der Waals surface area contributed by atoms with Crippen molar-refractivity contribution < 1.29 is 19.1 Å². The van der Waals surface area contributed by atoms with Gasteiger partial charge in [-0.1, -0.05) is 25.1 Å². The highest BCUT2D eigenvalue weighted by Gasteiger charge is 2.47. The van der Waals surface area contributed by atoms with Gasteiger partial charge in [-0.2, -0.15) is 0 Å². The maximum atomic E-state index is 12.3. The highest BCUT2D eigenvalue weighted by atomic mass is 16.7. The van der Waals surface area contributed by atoms with Crippen molar-refractivity contribution in [2.45, 2.75) is 38.9 Å². The second-order valence-corrected chi connectivity index (χ2v) is 6.02. The molecule has 1 saturated heterocycles. The molecule has 1 fully saturated rings. The van der Waals surface area contributed by atoms with E-state index >= 15 is 0 Å². The molecule has 0 saturated carbocycles. The van der Waals surface area contributed by atoms with Crippen LogP contribution in [0.5, 0.6) is 0 Å². The number of esters is 2. The Bertz CT molecular complexity index is 711. The van der Waals surface area contributed by atoms with Crippen molar-refractivity contribution in [1.29, 1.82) is 0 Å². The summed E-state index contributed by atoms with van der Waals surface area (Å²) in [5.74, 6) is -3.41. The van der Waals surface area contributed by atoms with Gasteiger partial charge in [-0.05, 0) is 18.1 Å². The number of carbonyl (C=O) groups excluding carboxylic acids is 2. The average molecular weight is 301 g/mol. The molecule has 116 valence electrons. The van der Waals surface area contributed by atoms with Gasteiger partial charge < -0.3 is 14.5 Å². The lowest BCUT2D eigenvalue weighted by Gasteiger charge is -2.35. The molecule has 2 heterocycles. The molecule has 0 spiro atoms. The van der Waals surface area contributed by atoms with Crippen molar-refractivity contribution in [1.82, 2.24) is 4.98 Å². The number of carbonyl (C=O) groups is 2. The lowest BCUT2D eigenvalue weighted by atomic mass is 9.83. The van der Waals surface area contributed by atoms with E-state index in [4.69, 9.17) is 9.47 Å². The quantitative estimate of drug-likeness (QED) is 0.698. The summed E-state index contributed by atoms with van der Waals surface area (Å²) >= 11 is 0. The number of rotatable bonds is 3. The smallest absolute Gasteiger partial charge is 0.324 e. The first kappa shape index (κ1) is 14.6. The summed E-state index contributed by atoms with van der Waals surface area (Å²) in [4.78, 5) is 27.8. The van der Waals surface area contributed by atoms with Crippen LogP contribution in [0.4, 0.5) is 0 Å². The molecule has 0 bridgehead atoms. The number of aromatic amines is 1. The van der Waals surface area contributed by atoms with Crippen LogP contribution in [0.1, 0.15) is 38.7 Å². The molecule has 0 amide bonds. The lowest BCUT2D eigenvalue weighted by molar-refractivity contribution is -0.241. The monoisotopic (exact) mass is 301 g/mol. The van der Waals surface area contributed by atoms with Crippen LogP contribution in [0.25, 0.3) is 10.9 Å². The minimum Gasteiger partial charge on any atom is -0.422 e. The van der Waals surface area contributed by atoms with Gasteiger partial charge >= 0.3 is 11.9 Å². The number of nitrogens with one attached hydrogen (secondary N) is 1. The van der Waals surface area contributed by atoms with E-state index in [9.17, 15) is 9.59 Å². The number of benzene rings is 1. The zero-order valence-electron chi connectivity index (χ0n) is 12.9. The molecule has 1 atom stereocenters. The molecule has 0 aliphatic carbocycles. The fourth-order valence-electron chi connectivity index (χ4n) is 3.09. The number of fused-ring (bicyclic) bond motifs is 1. The van der Waals surface area contributed by atoms with Crippen LogP contribution in [0.3, 0.4) is 0 Å². The topological polar surface area (TPSA) is 68.4 Å². The van der Waals surface area contributed by atoms with Crippen LogP contribution >= 0.6 is 0 Å². The number of para-hydroxylation sites is 1. The number of H-pyrrole nitrogens is 1. The third-order valence-corrected chi connectivity index (χ3v) is 4.06. The highest BCUT2D eigenvalue weighted by Crippen LogP contribution is 2.38. The van der Waals surface area contributed by atoms with E-state index in [1.165, 1.54) is 0 Å². The summed E-state index contributed by atoms with van der Waals surface area (Å²) in [5, 5.41) is 1.01. The highest BCUT2D eigenvalue weighted by molar-refractivity contribution is 5.98. The Morgan fingerprint density at radius 3 is 2.45 bits per heavy atom. The number of ether oxygens (including phenoxy) is 2. The maximum Gasteiger partial charge on any atom is 0.324 e. The molecule has 2 aromatic rings. The maximum absolute atomic E-state index is 12.3. The average Bonchev–Trinajstić information content (AvgIpc) is 2.85. The third kappa shape index (κ3) is 2.36. The van der Waals surface area contributed by atoms with Crippen LogP contribution in [-0.2, 0) is 19.1 Å². The second kappa shape index (κ2) is 5.16. The fourth-order valence-corrected chi connectivity index (χ4v) is 3.09. The van der Waals surface area contributed by atoms with E-state index in [1.54, 1.807) is 13.8 Å². The van der Waals surface area contributed by atoms with Gasteiger partial charge in [-0.3, -0.25) is 9.59 Å². The van der Waals surface area contributed by atoms with Crippen LogP contribution in [0, 0.1) is 5.92 Å². The van der Waals surface area contributed by atoms with Gasteiger partial charge in [-0.25, -0.2) is 0 Å². The number of hydrogen-bond acceptors (Lipinski definition) is 4. The van der Waals surface area contributed by atoms with Crippen LogP contribution < -0.4 is 0 Å². The SMILES string of the molecule is CCC(c1c[nH]c2ccccc12)C1C(=O)OC(C)(C)OC1=O. The molecular formula is C17H19NO4. The van der Waals surface area contributed by atoms with Gasteiger partial charge in [0, 0.05) is 36.9 Å². The Kier molecular flexibility index (Phi) is 3.43. The third-order valence-electron chi connectivity index (χ3n) is 4.06. The standard InChI is InChI=1S/C17H19NO4/c1-4-10(12-9-18-13-8-6-5-7-11(12)13)14-15(19)21-17(2,3)22-16(14)20/h5-10,14,18H,4H2,1-3H3. The molecule has 1 aromatic carbocycles. The molecule has 1 aliphatic rings. The summed E-state index contributed by atoms with van der Waals surface area (Å²) in [5.41, 5.74) is 1.92. The van der Waals surface area contributed by atoms with Gasteiger partial charge in [0.25, 0.3) is 5.79 Å². The number of cyclic esters (lactones) is 2. The summed E-state index contributed by atoms with van der Waals surface area (Å²) in [7, 11) is 0. The first-order valence-electron chi connectivity index (χ1n) is 7.44. The predicted molar refractivity (Wildman–Crippen MR) is 81.1 cm³/mol. The zero-order chi connectivity index (χ0) is 15.9. The zero-order valence-corrected chi connectivity index (χ0v) is 12.9. The van der Waals surface area contributed by atoms with Crippen LogP contribution in [0.2, 0.25) is 0 Å². The molecule has 5 nitrogen and oxygen atoms in total. The lowest BCUT2D eigenvalue weighted by Crippen LogP contribution is -2.48. The summed E-state index contributed by atoms with van der Waals surface area (Å²) < 4.78 is 10.5. The van der Waals surface area contributed by atoms with Gasteiger partial charge in [0.05, 0.1) is 0 Å². The molecule has 0 radical (unpaired) electrons. The van der Waals surface area contributed by atoms with Crippen molar-refractivity contribution >= 4 is 22.8 Å². The number of aromatic nitrogens is 1. The summed E-state index contributed by atoms with van der Waals surface area (Å²) in [6, 6.07) is 7.82. The molecular weight excluding hydrogens is 282 g/mol. The van der Waals surface area contributed by atoms with Gasteiger partial charge in [0.2, 0.25) is 0 Å².